The van der Waals surface area contributed by atoms with Crippen LogP contribution in [-0.4, -0.2) is 0 Å². The minimum atomic E-state index is -0.659. The van der Waals surface area contributed by atoms with Crippen molar-refractivity contribution >= 4 is 17.1 Å². The number of ether oxygens (including phenoxy) is 1. The molecule has 2 heteroatoms. The molecule has 0 amide bonds. The molecule has 2 aliphatic carbocycles. The van der Waals surface area contributed by atoms with Crippen molar-refractivity contribution in [2.24, 2.45) is 0 Å². The van der Waals surface area contributed by atoms with Crippen LogP contribution in [0, 0.1) is 0 Å². The molecule has 68 heavy (non-hydrogen) atoms. The highest BCUT2D eigenvalue weighted by Crippen LogP contribution is 2.65. The monoisotopic (exact) mass is 879 g/mol. The second-order valence-corrected chi connectivity index (χ2v) is 21.7. The Hall–Kier alpha value is -7.42. The summed E-state index contributed by atoms with van der Waals surface area (Å²) in [5.41, 5.74) is 22.5. The van der Waals surface area contributed by atoms with Crippen molar-refractivity contribution in [2.75, 3.05) is 4.90 Å². The molecular formula is C66H57NO. The molecule has 1 aliphatic heterocycles. The van der Waals surface area contributed by atoms with Crippen LogP contribution in [0.2, 0.25) is 0 Å². The van der Waals surface area contributed by atoms with E-state index in [1.165, 1.54) is 89.0 Å². The first-order valence-electron chi connectivity index (χ1n) is 24.3. The van der Waals surface area contributed by atoms with Crippen LogP contribution in [0.25, 0.3) is 44.5 Å². The molecular weight excluding hydrogens is 823 g/mol. The zero-order valence-corrected chi connectivity index (χ0v) is 40.4. The Morgan fingerprint density at radius 3 is 1.54 bits per heavy atom. The highest BCUT2D eigenvalue weighted by Gasteiger charge is 2.53. The Kier molecular flexibility index (Phi) is 9.29. The summed E-state index contributed by atoms with van der Waals surface area (Å²) in [5, 5.41) is 0. The molecule has 0 bridgehead atoms. The topological polar surface area (TPSA) is 12.5 Å². The summed E-state index contributed by atoms with van der Waals surface area (Å²) < 4.78 is 7.03. The van der Waals surface area contributed by atoms with Crippen molar-refractivity contribution in [3.05, 3.63) is 245 Å². The van der Waals surface area contributed by atoms with Crippen LogP contribution < -0.4 is 9.64 Å². The van der Waals surface area contributed by atoms with Gasteiger partial charge in [0.05, 0.1) is 16.8 Å². The molecule has 0 radical (unpaired) electrons. The lowest BCUT2D eigenvalue weighted by Gasteiger charge is -2.41. The van der Waals surface area contributed by atoms with Crippen LogP contribution in [0.5, 0.6) is 11.5 Å². The number of fused-ring (bicyclic) bond motifs is 12. The predicted molar refractivity (Wildman–Crippen MR) is 284 cm³/mol. The summed E-state index contributed by atoms with van der Waals surface area (Å²) in [6.07, 6.45) is 0. The maximum absolute atomic E-state index is 7.03. The molecule has 0 N–H and O–H groups in total. The van der Waals surface area contributed by atoms with Crippen LogP contribution >= 0.6 is 0 Å². The van der Waals surface area contributed by atoms with Crippen LogP contribution in [0.15, 0.2) is 200 Å². The molecule has 0 fully saturated rings. The zero-order chi connectivity index (χ0) is 46.7. The number of hydrogen-bond acceptors (Lipinski definition) is 2. The van der Waals surface area contributed by atoms with E-state index in [9.17, 15) is 0 Å². The molecule has 12 rings (SSSR count). The van der Waals surface area contributed by atoms with Crippen molar-refractivity contribution in [3.63, 3.8) is 0 Å². The van der Waals surface area contributed by atoms with E-state index in [-0.39, 0.29) is 16.2 Å². The van der Waals surface area contributed by atoms with Crippen LogP contribution in [0.4, 0.5) is 17.1 Å². The minimum Gasteiger partial charge on any atom is -0.457 e. The largest absolute Gasteiger partial charge is 0.457 e. The van der Waals surface area contributed by atoms with Crippen molar-refractivity contribution in [2.45, 2.75) is 77.0 Å². The normalized spacial score (nSPS) is 14.5. The lowest BCUT2D eigenvalue weighted by Crippen LogP contribution is -2.33. The Morgan fingerprint density at radius 2 is 0.882 bits per heavy atom. The summed E-state index contributed by atoms with van der Waals surface area (Å²) in [6.45, 7) is 18.6. The van der Waals surface area contributed by atoms with Crippen LogP contribution in [0.3, 0.4) is 0 Å². The first kappa shape index (κ1) is 42.0. The molecule has 0 atom stereocenters. The first-order chi connectivity index (χ1) is 32.7. The molecule has 0 saturated heterocycles. The number of benzene rings is 9. The Morgan fingerprint density at radius 1 is 0.368 bits per heavy atom. The summed E-state index contributed by atoms with van der Waals surface area (Å²) in [5.74, 6) is 1.81. The fourth-order valence-corrected chi connectivity index (χ4v) is 11.7. The van der Waals surface area contributed by atoms with E-state index >= 15 is 0 Å². The third-order valence-corrected chi connectivity index (χ3v) is 15.3. The maximum atomic E-state index is 7.03. The van der Waals surface area contributed by atoms with Crippen LogP contribution in [0.1, 0.15) is 99.9 Å². The van der Waals surface area contributed by atoms with Gasteiger partial charge in [0.2, 0.25) is 0 Å². The van der Waals surface area contributed by atoms with Crippen LogP contribution in [-0.2, 0) is 21.7 Å². The van der Waals surface area contributed by atoms with Gasteiger partial charge in [-0.15, -0.1) is 0 Å². The van der Waals surface area contributed by atoms with Gasteiger partial charge in [-0.3, -0.25) is 0 Å². The molecule has 0 unspecified atom stereocenters. The molecule has 9 aromatic carbocycles. The molecule has 1 spiro atoms. The summed E-state index contributed by atoms with van der Waals surface area (Å²) in [6, 6.07) is 75.0. The van der Waals surface area contributed by atoms with Gasteiger partial charge in [0.1, 0.15) is 11.5 Å². The second kappa shape index (κ2) is 15.0. The average molecular weight is 880 g/mol. The van der Waals surface area contributed by atoms with E-state index in [4.69, 9.17) is 4.74 Å². The molecule has 2 nitrogen and oxygen atoms in total. The second-order valence-electron chi connectivity index (χ2n) is 21.7. The number of anilines is 3. The summed E-state index contributed by atoms with van der Waals surface area (Å²) >= 11 is 0. The van der Waals surface area contributed by atoms with Gasteiger partial charge in [-0.1, -0.05) is 207 Å². The van der Waals surface area contributed by atoms with Gasteiger partial charge in [-0.2, -0.15) is 0 Å². The van der Waals surface area contributed by atoms with E-state index in [0.717, 1.165) is 28.6 Å². The lowest BCUT2D eigenvalue weighted by atomic mass is 9.64. The molecule has 9 aromatic rings. The van der Waals surface area contributed by atoms with Gasteiger partial charge < -0.3 is 9.64 Å². The van der Waals surface area contributed by atoms with E-state index in [1.807, 2.05) is 0 Å². The number of rotatable bonds is 5. The molecule has 0 saturated carbocycles. The lowest BCUT2D eigenvalue weighted by molar-refractivity contribution is 0.433. The van der Waals surface area contributed by atoms with Crippen molar-refractivity contribution in [1.29, 1.82) is 0 Å². The predicted octanol–water partition coefficient (Wildman–Crippen LogP) is 17.9. The van der Waals surface area contributed by atoms with E-state index in [1.54, 1.807) is 0 Å². The quantitative estimate of drug-likeness (QED) is 0.171. The molecule has 332 valence electrons. The molecule has 0 aromatic heterocycles. The van der Waals surface area contributed by atoms with Gasteiger partial charge in [0.25, 0.3) is 0 Å². The van der Waals surface area contributed by atoms with Gasteiger partial charge >= 0.3 is 0 Å². The van der Waals surface area contributed by atoms with Gasteiger partial charge in [0, 0.05) is 33.4 Å². The number of hydrogen-bond donors (Lipinski definition) is 0. The molecule has 3 aliphatic rings. The Bertz CT molecular complexity index is 3400. The number of nitrogens with zero attached hydrogens (tertiary/aromatic N) is 1. The van der Waals surface area contributed by atoms with Gasteiger partial charge in [-0.05, 0) is 126 Å². The fourth-order valence-electron chi connectivity index (χ4n) is 11.7. The number of para-hydroxylation sites is 1. The van der Waals surface area contributed by atoms with Crippen molar-refractivity contribution < 1.29 is 4.74 Å². The molecule has 1 heterocycles. The standard InChI is InChI=1S/C66H57NO/c1-63(2,3)45-33-37-60-56(39-45)66(57-40-46(64(4,5)6)34-38-61(57)68-60)53-25-16-13-23-51(53)62-54(66)26-18-28-59(62)67(47-35-36-50-49-22-12-15-24-52(49)65(7,8)55(50)41-47)58-27-17-14-21-48(58)44-31-29-43(30-32-44)42-19-10-9-11-20-42/h9-41H,1-8H3. The van der Waals surface area contributed by atoms with E-state index in [2.05, 4.69) is 260 Å². The third kappa shape index (κ3) is 6.23. The summed E-state index contributed by atoms with van der Waals surface area (Å²) in [4.78, 5) is 2.56. The maximum Gasteiger partial charge on any atom is 0.132 e. The van der Waals surface area contributed by atoms with Gasteiger partial charge in [0.15, 0.2) is 0 Å². The average Bonchev–Trinajstić information content (AvgIpc) is 3.77. The Labute approximate surface area is 402 Å². The van der Waals surface area contributed by atoms with Crippen molar-refractivity contribution in [1.82, 2.24) is 0 Å². The van der Waals surface area contributed by atoms with Gasteiger partial charge in [-0.25, -0.2) is 0 Å². The highest BCUT2D eigenvalue weighted by atomic mass is 16.5. The SMILES string of the molecule is CC(C)(C)c1ccc2c(c1)C1(c3cc(C(C)(C)C)ccc3O2)c2ccccc2-c2c(N(c3ccc4c(c3)C(C)(C)c3ccccc3-4)c3ccccc3-c3ccc(-c4ccccc4)cc3)cccc21. The highest BCUT2D eigenvalue weighted by molar-refractivity contribution is 6.01. The van der Waals surface area contributed by atoms with Crippen molar-refractivity contribution in [3.8, 4) is 56.0 Å². The summed E-state index contributed by atoms with van der Waals surface area (Å²) in [7, 11) is 0. The zero-order valence-electron chi connectivity index (χ0n) is 40.4. The van der Waals surface area contributed by atoms with E-state index in [0.29, 0.717) is 0 Å². The first-order valence-corrected chi connectivity index (χ1v) is 24.3. The Balaban J connectivity index is 1.16. The fraction of sp³-hybridized carbons (Fsp3) is 0.182. The third-order valence-electron chi connectivity index (χ3n) is 15.3. The smallest absolute Gasteiger partial charge is 0.132 e. The minimum absolute atomic E-state index is 0.0760. The van der Waals surface area contributed by atoms with E-state index < -0.39 is 5.41 Å².